The van der Waals surface area contributed by atoms with Crippen LogP contribution in [-0.4, -0.2) is 0 Å². The topological polar surface area (TPSA) is 3.24 Å². The summed E-state index contributed by atoms with van der Waals surface area (Å²) in [5.74, 6) is 0.588. The Morgan fingerprint density at radius 1 is 0.492 bits per heavy atom. The molecule has 2 aliphatic rings. The van der Waals surface area contributed by atoms with Gasteiger partial charge in [-0.1, -0.05) is 186 Å². The molecule has 10 rings (SSSR count). The second-order valence-corrected chi connectivity index (χ2v) is 18.0. The number of nitrogens with zero attached hydrogens (tertiary/aromatic N) is 1. The van der Waals surface area contributed by atoms with Gasteiger partial charge in [-0.05, 0) is 134 Å². The molecule has 290 valence electrons. The van der Waals surface area contributed by atoms with Crippen molar-refractivity contribution in [3.05, 3.63) is 221 Å². The molecule has 0 radical (unpaired) electrons. The molecule has 8 aromatic rings. The summed E-state index contributed by atoms with van der Waals surface area (Å²) in [5.41, 5.74) is 17.5. The number of aryl methyl sites for hydroxylation is 1. The fourth-order valence-corrected chi connectivity index (χ4v) is 10.6. The average molecular weight is 764 g/mol. The lowest BCUT2D eigenvalue weighted by molar-refractivity contribution is 0.443. The molecule has 2 aliphatic carbocycles. The maximum Gasteiger partial charge on any atom is 0.0714 e. The number of hydrogen-bond acceptors (Lipinski definition) is 1. The molecule has 0 aromatic heterocycles. The lowest BCUT2D eigenvalue weighted by atomic mass is 9.67. The first-order valence-corrected chi connectivity index (χ1v) is 21.7. The van der Waals surface area contributed by atoms with Crippen LogP contribution in [0, 0.1) is 6.92 Å². The van der Waals surface area contributed by atoms with Crippen molar-refractivity contribution in [2.75, 3.05) is 4.90 Å². The molecule has 1 fully saturated rings. The average Bonchev–Trinajstić information content (AvgIpc) is 3.58. The highest BCUT2D eigenvalue weighted by Gasteiger charge is 2.47. The Balaban J connectivity index is 1.30. The van der Waals surface area contributed by atoms with Gasteiger partial charge in [-0.3, -0.25) is 0 Å². The van der Waals surface area contributed by atoms with Crippen molar-refractivity contribution >= 4 is 27.8 Å². The zero-order valence-electron chi connectivity index (χ0n) is 34.9. The minimum Gasteiger partial charge on any atom is -0.310 e. The van der Waals surface area contributed by atoms with Crippen LogP contribution >= 0.6 is 0 Å². The first-order valence-electron chi connectivity index (χ1n) is 21.7. The minimum atomic E-state index is -0.504. The molecule has 0 saturated heterocycles. The zero-order valence-corrected chi connectivity index (χ0v) is 34.9. The van der Waals surface area contributed by atoms with E-state index < -0.39 is 5.41 Å². The second kappa shape index (κ2) is 14.9. The van der Waals surface area contributed by atoms with E-state index in [0.717, 1.165) is 5.69 Å². The number of rotatable bonds is 7. The molecule has 59 heavy (non-hydrogen) atoms. The van der Waals surface area contributed by atoms with Crippen LogP contribution in [0.4, 0.5) is 17.1 Å². The molecular weight excluding hydrogens is 711 g/mol. The molecule has 0 amide bonds. The molecule has 1 nitrogen and oxygen atoms in total. The van der Waals surface area contributed by atoms with Gasteiger partial charge in [0.15, 0.2) is 0 Å². The Labute approximate surface area is 351 Å². The summed E-state index contributed by atoms with van der Waals surface area (Å²) in [6.45, 7) is 9.29. The maximum atomic E-state index is 2.59. The van der Waals surface area contributed by atoms with E-state index in [4.69, 9.17) is 0 Å². The van der Waals surface area contributed by atoms with Crippen LogP contribution in [-0.2, 0) is 10.8 Å². The fourth-order valence-electron chi connectivity index (χ4n) is 10.6. The molecule has 0 spiro atoms. The first-order chi connectivity index (χ1) is 28.8. The minimum absolute atomic E-state index is 0.0482. The largest absolute Gasteiger partial charge is 0.310 e. The van der Waals surface area contributed by atoms with Crippen molar-refractivity contribution in [3.63, 3.8) is 0 Å². The van der Waals surface area contributed by atoms with Gasteiger partial charge in [0.2, 0.25) is 0 Å². The monoisotopic (exact) mass is 763 g/mol. The normalized spacial score (nSPS) is 14.8. The van der Waals surface area contributed by atoms with E-state index in [2.05, 4.69) is 215 Å². The van der Waals surface area contributed by atoms with Crippen molar-refractivity contribution in [3.8, 4) is 22.3 Å². The van der Waals surface area contributed by atoms with Gasteiger partial charge in [-0.2, -0.15) is 0 Å². The van der Waals surface area contributed by atoms with Gasteiger partial charge in [-0.15, -0.1) is 0 Å². The lowest BCUT2D eigenvalue weighted by Crippen LogP contribution is -2.28. The van der Waals surface area contributed by atoms with Gasteiger partial charge in [0.25, 0.3) is 0 Å². The van der Waals surface area contributed by atoms with E-state index in [1.807, 2.05) is 0 Å². The molecule has 8 aromatic carbocycles. The summed E-state index contributed by atoms with van der Waals surface area (Å²) in [6, 6.07) is 69.0. The molecule has 0 atom stereocenters. The van der Waals surface area contributed by atoms with Crippen LogP contribution < -0.4 is 4.90 Å². The van der Waals surface area contributed by atoms with Gasteiger partial charge >= 0.3 is 0 Å². The first kappa shape index (κ1) is 37.1. The SMILES string of the molecule is Cc1cccc2c1-c1ccc(N(c3cccc(C4CCCCC4)c3)c3cc4ccccc4cc3-c3ccccc3C(C)(C)C)cc1C2(c1ccccc1)c1ccccc1. The van der Waals surface area contributed by atoms with E-state index in [9.17, 15) is 0 Å². The molecular formula is C58H53N. The maximum absolute atomic E-state index is 2.59. The third-order valence-corrected chi connectivity index (χ3v) is 13.4. The Morgan fingerprint density at radius 2 is 1.12 bits per heavy atom. The summed E-state index contributed by atoms with van der Waals surface area (Å²) in [5, 5.41) is 2.48. The van der Waals surface area contributed by atoms with Gasteiger partial charge in [0, 0.05) is 16.9 Å². The molecule has 0 unspecified atom stereocenters. The van der Waals surface area contributed by atoms with Crippen molar-refractivity contribution in [2.45, 2.75) is 76.5 Å². The molecule has 0 bridgehead atoms. The van der Waals surface area contributed by atoms with Gasteiger partial charge in [0.1, 0.15) is 0 Å². The zero-order chi connectivity index (χ0) is 40.1. The number of hydrogen-bond donors (Lipinski definition) is 0. The Kier molecular flexibility index (Phi) is 9.36. The molecule has 1 saturated carbocycles. The van der Waals surface area contributed by atoms with Crippen LogP contribution in [0.15, 0.2) is 182 Å². The van der Waals surface area contributed by atoms with Crippen LogP contribution in [0.2, 0.25) is 0 Å². The molecule has 0 aliphatic heterocycles. The van der Waals surface area contributed by atoms with Crippen LogP contribution in [0.25, 0.3) is 33.0 Å². The lowest BCUT2D eigenvalue weighted by Gasteiger charge is -2.35. The number of anilines is 3. The molecule has 0 N–H and O–H groups in total. The smallest absolute Gasteiger partial charge is 0.0714 e. The highest BCUT2D eigenvalue weighted by atomic mass is 15.1. The van der Waals surface area contributed by atoms with E-state index >= 15 is 0 Å². The summed E-state index contributed by atoms with van der Waals surface area (Å²) in [4.78, 5) is 2.59. The third-order valence-electron chi connectivity index (χ3n) is 13.4. The van der Waals surface area contributed by atoms with Crippen LogP contribution in [0.1, 0.15) is 97.7 Å². The standard InChI is InChI=1S/C58H53N/c1-40-20-18-33-53-56(40)50-35-34-48(39-54(50)58(53,45-26-10-6-11-27-45)46-28-12-7-13-29-46)59(47-30-19-25-42(36-47)41-21-8-5-9-22-41)55-38-44-24-15-14-23-43(44)37-51(55)49-31-16-17-32-52(49)57(2,3)4/h6-7,10-20,23-39,41H,5,8-9,21-22H2,1-4H3. The predicted molar refractivity (Wildman–Crippen MR) is 251 cm³/mol. The summed E-state index contributed by atoms with van der Waals surface area (Å²) in [6.07, 6.45) is 6.48. The van der Waals surface area contributed by atoms with Crippen molar-refractivity contribution in [1.82, 2.24) is 0 Å². The van der Waals surface area contributed by atoms with Crippen molar-refractivity contribution in [2.24, 2.45) is 0 Å². The van der Waals surface area contributed by atoms with Gasteiger partial charge in [0.05, 0.1) is 11.1 Å². The summed E-state index contributed by atoms with van der Waals surface area (Å²) >= 11 is 0. The highest BCUT2D eigenvalue weighted by Crippen LogP contribution is 2.58. The molecule has 0 heterocycles. The fraction of sp³-hybridized carbons (Fsp3) is 0.207. The second-order valence-electron chi connectivity index (χ2n) is 18.0. The number of benzene rings is 8. The summed E-state index contributed by atoms with van der Waals surface area (Å²) in [7, 11) is 0. The van der Waals surface area contributed by atoms with Gasteiger partial charge < -0.3 is 4.90 Å². The predicted octanol–water partition coefficient (Wildman–Crippen LogP) is 16.0. The van der Waals surface area contributed by atoms with E-state index in [0.29, 0.717) is 5.92 Å². The Bertz CT molecular complexity index is 2760. The van der Waals surface area contributed by atoms with Crippen molar-refractivity contribution < 1.29 is 0 Å². The van der Waals surface area contributed by atoms with E-state index in [-0.39, 0.29) is 5.41 Å². The van der Waals surface area contributed by atoms with E-state index in [1.165, 1.54) is 115 Å². The van der Waals surface area contributed by atoms with Crippen LogP contribution in [0.3, 0.4) is 0 Å². The third kappa shape index (κ3) is 6.31. The molecule has 1 heteroatoms. The highest BCUT2D eigenvalue weighted by molar-refractivity contribution is 6.00. The number of fused-ring (bicyclic) bond motifs is 4. The Hall–Kier alpha value is -6.18. The van der Waals surface area contributed by atoms with E-state index in [1.54, 1.807) is 0 Å². The Morgan fingerprint density at radius 3 is 1.83 bits per heavy atom. The van der Waals surface area contributed by atoms with Gasteiger partial charge in [-0.25, -0.2) is 0 Å². The van der Waals surface area contributed by atoms with Crippen molar-refractivity contribution in [1.29, 1.82) is 0 Å². The van der Waals surface area contributed by atoms with Crippen LogP contribution in [0.5, 0.6) is 0 Å². The summed E-state index contributed by atoms with van der Waals surface area (Å²) < 4.78 is 0. The quantitative estimate of drug-likeness (QED) is 0.156.